The molecular weight excluding hydrogens is 356 g/mol. The lowest BCUT2D eigenvalue weighted by Gasteiger charge is -2.08. The number of benzene rings is 2. The SMILES string of the molecule is NS(=O)(=O)c1ccc(-c2csc(=O)n2-c2ccc(Cl)cc2)cc1. The first-order chi connectivity index (χ1) is 10.9. The predicted molar refractivity (Wildman–Crippen MR) is 91.7 cm³/mol. The van der Waals surface area contributed by atoms with E-state index in [0.29, 0.717) is 22.0 Å². The number of hydrogen-bond acceptors (Lipinski definition) is 4. The Morgan fingerprint density at radius 2 is 1.61 bits per heavy atom. The summed E-state index contributed by atoms with van der Waals surface area (Å²) in [4.78, 5) is 12.0. The molecule has 1 heterocycles. The maximum atomic E-state index is 12.2. The van der Waals surface area contributed by atoms with Crippen molar-refractivity contribution >= 4 is 33.0 Å². The smallest absolute Gasteiger partial charge is 0.267 e. The molecule has 3 rings (SSSR count). The first-order valence-electron chi connectivity index (χ1n) is 6.46. The summed E-state index contributed by atoms with van der Waals surface area (Å²) < 4.78 is 24.2. The second kappa shape index (κ2) is 5.93. The molecular formula is C15H11ClN2O3S2. The van der Waals surface area contributed by atoms with E-state index in [2.05, 4.69) is 0 Å². The third-order valence-electron chi connectivity index (χ3n) is 3.26. The second-order valence-corrected chi connectivity index (χ2v) is 7.59. The molecule has 2 N–H and O–H groups in total. The minimum absolute atomic E-state index is 0.0249. The van der Waals surface area contributed by atoms with Crippen molar-refractivity contribution in [3.63, 3.8) is 0 Å². The summed E-state index contributed by atoms with van der Waals surface area (Å²) >= 11 is 6.94. The molecule has 8 heteroatoms. The Bertz CT molecular complexity index is 1000. The van der Waals surface area contributed by atoms with Gasteiger partial charge >= 0.3 is 4.87 Å². The molecule has 0 unspecified atom stereocenters. The van der Waals surface area contributed by atoms with Gasteiger partial charge in [0, 0.05) is 10.4 Å². The fraction of sp³-hybridized carbons (Fsp3) is 0. The van der Waals surface area contributed by atoms with Gasteiger partial charge in [0.25, 0.3) is 0 Å². The fourth-order valence-corrected chi connectivity index (χ4v) is 3.56. The zero-order valence-electron chi connectivity index (χ0n) is 11.6. The lowest BCUT2D eigenvalue weighted by atomic mass is 10.1. The van der Waals surface area contributed by atoms with Crippen molar-refractivity contribution in [2.75, 3.05) is 0 Å². The van der Waals surface area contributed by atoms with E-state index in [0.717, 1.165) is 11.3 Å². The summed E-state index contributed by atoms with van der Waals surface area (Å²) in [6.45, 7) is 0. The molecule has 0 aliphatic heterocycles. The summed E-state index contributed by atoms with van der Waals surface area (Å²) in [6.07, 6.45) is 0. The van der Waals surface area contributed by atoms with Crippen molar-refractivity contribution in [3.05, 3.63) is 68.6 Å². The van der Waals surface area contributed by atoms with Crippen molar-refractivity contribution in [2.24, 2.45) is 5.14 Å². The largest absolute Gasteiger partial charge is 0.312 e. The van der Waals surface area contributed by atoms with Crippen LogP contribution in [0.25, 0.3) is 16.9 Å². The van der Waals surface area contributed by atoms with Crippen LogP contribution in [0.1, 0.15) is 0 Å². The number of hydrogen-bond donors (Lipinski definition) is 1. The topological polar surface area (TPSA) is 82.2 Å². The molecule has 2 aromatic carbocycles. The van der Waals surface area contributed by atoms with Gasteiger partial charge in [0.15, 0.2) is 0 Å². The molecule has 0 atom stereocenters. The quantitative estimate of drug-likeness (QED) is 0.773. The number of aromatic nitrogens is 1. The zero-order chi connectivity index (χ0) is 16.6. The van der Waals surface area contributed by atoms with Crippen LogP contribution in [-0.4, -0.2) is 13.0 Å². The Morgan fingerprint density at radius 3 is 2.17 bits per heavy atom. The van der Waals surface area contributed by atoms with Gasteiger partial charge in [-0.15, -0.1) is 0 Å². The number of halogens is 1. The van der Waals surface area contributed by atoms with Crippen molar-refractivity contribution in [2.45, 2.75) is 4.90 Å². The Hall–Kier alpha value is -1.93. The molecule has 1 aromatic heterocycles. The van der Waals surface area contributed by atoms with Gasteiger partial charge in [0.2, 0.25) is 10.0 Å². The Morgan fingerprint density at radius 1 is 1.00 bits per heavy atom. The average molecular weight is 367 g/mol. The molecule has 118 valence electrons. The van der Waals surface area contributed by atoms with Crippen molar-refractivity contribution < 1.29 is 8.42 Å². The molecule has 23 heavy (non-hydrogen) atoms. The number of nitrogens with zero attached hydrogens (tertiary/aromatic N) is 1. The minimum Gasteiger partial charge on any atom is -0.267 e. The molecule has 0 spiro atoms. The van der Waals surface area contributed by atoms with Crippen LogP contribution in [0.2, 0.25) is 5.02 Å². The molecule has 0 saturated carbocycles. The van der Waals surface area contributed by atoms with Gasteiger partial charge in [-0.25, -0.2) is 13.6 Å². The Labute approximate surface area is 141 Å². The lowest BCUT2D eigenvalue weighted by Crippen LogP contribution is -2.13. The van der Waals surface area contributed by atoms with E-state index in [1.165, 1.54) is 12.1 Å². The number of thiazole rings is 1. The first kappa shape index (κ1) is 15.9. The lowest BCUT2D eigenvalue weighted by molar-refractivity contribution is 0.598. The molecule has 3 aromatic rings. The third kappa shape index (κ3) is 3.23. The highest BCUT2D eigenvalue weighted by molar-refractivity contribution is 7.89. The number of primary sulfonamides is 1. The summed E-state index contributed by atoms with van der Waals surface area (Å²) in [5.74, 6) is 0. The van der Waals surface area contributed by atoms with Crippen LogP contribution in [0, 0.1) is 0 Å². The second-order valence-electron chi connectivity index (χ2n) is 4.77. The maximum Gasteiger partial charge on any atom is 0.312 e. The van der Waals surface area contributed by atoms with Gasteiger partial charge in [-0.3, -0.25) is 9.36 Å². The van der Waals surface area contributed by atoms with Gasteiger partial charge in [-0.1, -0.05) is 35.1 Å². The molecule has 0 bridgehead atoms. The van der Waals surface area contributed by atoms with E-state index in [-0.39, 0.29) is 9.77 Å². The fourth-order valence-electron chi connectivity index (χ4n) is 2.16. The maximum absolute atomic E-state index is 12.2. The molecule has 0 aliphatic carbocycles. The van der Waals surface area contributed by atoms with Crippen LogP contribution in [0.15, 0.2) is 63.6 Å². The number of sulfonamides is 1. The van der Waals surface area contributed by atoms with E-state index in [1.807, 2.05) is 0 Å². The first-order valence-corrected chi connectivity index (χ1v) is 9.26. The Balaban J connectivity index is 2.12. The van der Waals surface area contributed by atoms with E-state index >= 15 is 0 Å². The zero-order valence-corrected chi connectivity index (χ0v) is 14.0. The van der Waals surface area contributed by atoms with Gasteiger partial charge in [-0.2, -0.15) is 0 Å². The van der Waals surface area contributed by atoms with Crippen molar-refractivity contribution in [1.82, 2.24) is 4.57 Å². The predicted octanol–water partition coefficient (Wildman–Crippen LogP) is 2.87. The van der Waals surface area contributed by atoms with E-state index in [4.69, 9.17) is 16.7 Å². The summed E-state index contributed by atoms with van der Waals surface area (Å²) in [5.41, 5.74) is 2.07. The molecule has 5 nitrogen and oxygen atoms in total. The highest BCUT2D eigenvalue weighted by atomic mass is 35.5. The van der Waals surface area contributed by atoms with Gasteiger partial charge < -0.3 is 0 Å². The van der Waals surface area contributed by atoms with Gasteiger partial charge in [-0.05, 0) is 42.0 Å². The van der Waals surface area contributed by atoms with Crippen LogP contribution < -0.4 is 10.0 Å². The standard InChI is InChI=1S/C15H11ClN2O3S2/c16-11-3-5-12(6-4-11)18-14(9-22-15(18)19)10-1-7-13(8-2-10)23(17,20)21/h1-9H,(H2,17,20,21). The van der Waals surface area contributed by atoms with Crippen LogP contribution >= 0.6 is 22.9 Å². The average Bonchev–Trinajstić information content (AvgIpc) is 2.89. The highest BCUT2D eigenvalue weighted by Crippen LogP contribution is 2.25. The molecule has 0 fully saturated rings. The Kier molecular flexibility index (Phi) is 4.11. The number of rotatable bonds is 3. The molecule has 0 aliphatic rings. The monoisotopic (exact) mass is 366 g/mol. The van der Waals surface area contributed by atoms with Crippen LogP contribution in [0.3, 0.4) is 0 Å². The van der Waals surface area contributed by atoms with Gasteiger partial charge in [0.1, 0.15) is 0 Å². The van der Waals surface area contributed by atoms with Crippen LogP contribution in [0.4, 0.5) is 0 Å². The summed E-state index contributed by atoms with van der Waals surface area (Å²) in [6, 6.07) is 13.0. The normalized spacial score (nSPS) is 11.6. The van der Waals surface area contributed by atoms with E-state index in [9.17, 15) is 13.2 Å². The van der Waals surface area contributed by atoms with Crippen LogP contribution in [-0.2, 0) is 10.0 Å². The van der Waals surface area contributed by atoms with Gasteiger partial charge in [0.05, 0.1) is 16.3 Å². The van der Waals surface area contributed by atoms with Crippen LogP contribution in [0.5, 0.6) is 0 Å². The van der Waals surface area contributed by atoms with E-state index < -0.39 is 10.0 Å². The van der Waals surface area contributed by atoms with Crippen molar-refractivity contribution in [3.8, 4) is 16.9 Å². The molecule has 0 saturated heterocycles. The van der Waals surface area contributed by atoms with Crippen molar-refractivity contribution in [1.29, 1.82) is 0 Å². The van der Waals surface area contributed by atoms with E-state index in [1.54, 1.807) is 46.3 Å². The molecule has 0 radical (unpaired) electrons. The number of nitrogens with two attached hydrogens (primary N) is 1. The minimum atomic E-state index is -3.74. The summed E-state index contributed by atoms with van der Waals surface area (Å²) in [5, 5.41) is 7.40. The molecule has 0 amide bonds. The highest BCUT2D eigenvalue weighted by Gasteiger charge is 2.13. The summed E-state index contributed by atoms with van der Waals surface area (Å²) in [7, 11) is -3.74. The third-order valence-corrected chi connectivity index (χ3v) is 5.16.